The van der Waals surface area contributed by atoms with Crippen molar-refractivity contribution in [1.82, 2.24) is 9.80 Å². The Morgan fingerprint density at radius 2 is 1.92 bits per heavy atom. The molecule has 0 atom stereocenters. The summed E-state index contributed by atoms with van der Waals surface area (Å²) >= 11 is 0. The van der Waals surface area contributed by atoms with Crippen molar-refractivity contribution >= 4 is 5.97 Å². The number of halogens is 3. The van der Waals surface area contributed by atoms with Crippen LogP contribution in [0.15, 0.2) is 24.3 Å². The molecule has 0 unspecified atom stereocenters. The molecule has 1 aromatic carbocycles. The van der Waals surface area contributed by atoms with E-state index in [1.54, 1.807) is 6.07 Å². The van der Waals surface area contributed by atoms with Gasteiger partial charge < -0.3 is 5.11 Å². The minimum absolute atomic E-state index is 0.0120. The van der Waals surface area contributed by atoms with Gasteiger partial charge in [-0.1, -0.05) is 25.1 Å². The fourth-order valence-corrected chi connectivity index (χ4v) is 3.29. The van der Waals surface area contributed by atoms with E-state index >= 15 is 0 Å². The van der Waals surface area contributed by atoms with Crippen LogP contribution < -0.4 is 0 Å². The lowest BCUT2D eigenvalue weighted by Crippen LogP contribution is -2.46. The summed E-state index contributed by atoms with van der Waals surface area (Å²) in [4.78, 5) is 14.8. The summed E-state index contributed by atoms with van der Waals surface area (Å²) in [5, 5.41) is 8.94. The Bertz CT molecular complexity index is 555. The van der Waals surface area contributed by atoms with Crippen molar-refractivity contribution in [3.8, 4) is 0 Å². The highest BCUT2D eigenvalue weighted by Crippen LogP contribution is 2.32. The standard InChI is InChI=1S/C17H23F3N2O2/c1-2-22(12-16(23)24)14-7-9-21(10-8-14)11-13-5-3-4-6-15(13)17(18,19)20/h3-6,14H,2,7-12H2,1H3,(H,23,24). The van der Waals surface area contributed by atoms with E-state index in [0.29, 0.717) is 25.2 Å². The molecule has 7 heteroatoms. The molecule has 1 saturated heterocycles. The lowest BCUT2D eigenvalue weighted by atomic mass is 10.0. The fraction of sp³-hybridized carbons (Fsp3) is 0.588. The van der Waals surface area contributed by atoms with Crippen LogP contribution in [0, 0.1) is 0 Å². The number of piperidine rings is 1. The molecular formula is C17H23F3N2O2. The van der Waals surface area contributed by atoms with Gasteiger partial charge in [0.15, 0.2) is 0 Å². The number of aliphatic carboxylic acids is 1. The molecule has 1 aromatic rings. The smallest absolute Gasteiger partial charge is 0.416 e. The molecule has 1 fully saturated rings. The lowest BCUT2D eigenvalue weighted by Gasteiger charge is -2.37. The van der Waals surface area contributed by atoms with Crippen molar-refractivity contribution in [1.29, 1.82) is 0 Å². The van der Waals surface area contributed by atoms with Crippen LogP contribution in [0.3, 0.4) is 0 Å². The number of likely N-dealkylation sites (tertiary alicyclic amines) is 1. The zero-order chi connectivity index (χ0) is 17.7. The highest BCUT2D eigenvalue weighted by molar-refractivity contribution is 5.69. The number of nitrogens with zero attached hydrogens (tertiary/aromatic N) is 2. The molecule has 0 bridgehead atoms. The predicted molar refractivity (Wildman–Crippen MR) is 84.6 cm³/mol. The molecule has 1 heterocycles. The summed E-state index contributed by atoms with van der Waals surface area (Å²) in [5.74, 6) is -0.849. The van der Waals surface area contributed by atoms with Gasteiger partial charge in [-0.2, -0.15) is 13.2 Å². The number of likely N-dealkylation sites (N-methyl/N-ethyl adjacent to an activating group) is 1. The van der Waals surface area contributed by atoms with Gasteiger partial charge in [0, 0.05) is 12.6 Å². The van der Waals surface area contributed by atoms with Crippen molar-refractivity contribution in [2.24, 2.45) is 0 Å². The third-order valence-electron chi connectivity index (χ3n) is 4.53. The molecule has 24 heavy (non-hydrogen) atoms. The van der Waals surface area contributed by atoms with Gasteiger partial charge >= 0.3 is 12.1 Å². The van der Waals surface area contributed by atoms with E-state index in [4.69, 9.17) is 5.11 Å². The minimum atomic E-state index is -4.34. The molecule has 0 spiro atoms. The number of hydrogen-bond donors (Lipinski definition) is 1. The highest BCUT2D eigenvalue weighted by Gasteiger charge is 2.33. The van der Waals surface area contributed by atoms with E-state index in [0.717, 1.165) is 18.9 Å². The van der Waals surface area contributed by atoms with E-state index in [9.17, 15) is 18.0 Å². The summed E-state index contributed by atoms with van der Waals surface area (Å²) in [5.41, 5.74) is -0.283. The zero-order valence-electron chi connectivity index (χ0n) is 13.7. The zero-order valence-corrected chi connectivity index (χ0v) is 13.7. The Balaban J connectivity index is 1.95. The Labute approximate surface area is 139 Å². The van der Waals surface area contributed by atoms with Crippen molar-refractivity contribution < 1.29 is 23.1 Å². The third-order valence-corrected chi connectivity index (χ3v) is 4.53. The SMILES string of the molecule is CCN(CC(=O)O)C1CCN(Cc2ccccc2C(F)(F)F)CC1. The van der Waals surface area contributed by atoms with Crippen molar-refractivity contribution in [3.05, 3.63) is 35.4 Å². The number of carbonyl (C=O) groups is 1. The van der Waals surface area contributed by atoms with Gasteiger partial charge in [-0.15, -0.1) is 0 Å². The molecule has 4 nitrogen and oxygen atoms in total. The lowest BCUT2D eigenvalue weighted by molar-refractivity contribution is -0.139. The Morgan fingerprint density at radius 3 is 2.46 bits per heavy atom. The van der Waals surface area contributed by atoms with Crippen LogP contribution in [0.25, 0.3) is 0 Å². The molecule has 0 radical (unpaired) electrons. The Kier molecular flexibility index (Phi) is 6.23. The second-order valence-electron chi connectivity index (χ2n) is 6.12. The molecular weight excluding hydrogens is 321 g/mol. The number of carboxylic acids is 1. The topological polar surface area (TPSA) is 43.8 Å². The van der Waals surface area contributed by atoms with Crippen molar-refractivity contribution in [3.63, 3.8) is 0 Å². The van der Waals surface area contributed by atoms with Gasteiger partial charge in [-0.25, -0.2) is 0 Å². The van der Waals surface area contributed by atoms with Crippen LogP contribution in [0.4, 0.5) is 13.2 Å². The van der Waals surface area contributed by atoms with Gasteiger partial charge in [-0.3, -0.25) is 14.6 Å². The molecule has 1 aliphatic heterocycles. The maximum absolute atomic E-state index is 13.1. The second-order valence-corrected chi connectivity index (χ2v) is 6.12. The first-order valence-corrected chi connectivity index (χ1v) is 8.14. The van der Waals surface area contributed by atoms with Crippen LogP contribution in [0.1, 0.15) is 30.9 Å². The van der Waals surface area contributed by atoms with Gasteiger partial charge in [0.2, 0.25) is 0 Å². The van der Waals surface area contributed by atoms with Gasteiger partial charge in [0.1, 0.15) is 0 Å². The number of hydrogen-bond acceptors (Lipinski definition) is 3. The van der Waals surface area contributed by atoms with Crippen LogP contribution in [-0.2, 0) is 17.5 Å². The van der Waals surface area contributed by atoms with Gasteiger partial charge in [0.25, 0.3) is 0 Å². The summed E-state index contributed by atoms with van der Waals surface area (Å²) < 4.78 is 39.2. The molecule has 0 aromatic heterocycles. The molecule has 0 amide bonds. The van der Waals surface area contributed by atoms with Crippen molar-refractivity contribution in [2.45, 2.75) is 38.5 Å². The monoisotopic (exact) mass is 344 g/mol. The average molecular weight is 344 g/mol. The molecule has 0 aliphatic carbocycles. The first-order valence-electron chi connectivity index (χ1n) is 8.14. The largest absolute Gasteiger partial charge is 0.480 e. The first-order chi connectivity index (χ1) is 11.3. The number of carboxylic acid groups (broad SMARTS) is 1. The Morgan fingerprint density at radius 1 is 1.29 bits per heavy atom. The average Bonchev–Trinajstić information content (AvgIpc) is 2.53. The van der Waals surface area contributed by atoms with E-state index in [1.807, 2.05) is 16.7 Å². The van der Waals surface area contributed by atoms with Crippen LogP contribution in [-0.4, -0.2) is 53.1 Å². The maximum Gasteiger partial charge on any atom is 0.416 e. The van der Waals surface area contributed by atoms with Gasteiger partial charge in [0.05, 0.1) is 12.1 Å². The predicted octanol–water partition coefficient (Wildman–Crippen LogP) is 3.08. The highest BCUT2D eigenvalue weighted by atomic mass is 19.4. The fourth-order valence-electron chi connectivity index (χ4n) is 3.29. The minimum Gasteiger partial charge on any atom is -0.480 e. The summed E-state index contributed by atoms with van der Waals surface area (Å²) in [6, 6.07) is 5.86. The van der Waals surface area contributed by atoms with Crippen LogP contribution >= 0.6 is 0 Å². The molecule has 1 aliphatic rings. The van der Waals surface area contributed by atoms with E-state index in [1.165, 1.54) is 12.1 Å². The van der Waals surface area contributed by atoms with Crippen LogP contribution in [0.5, 0.6) is 0 Å². The summed E-state index contributed by atoms with van der Waals surface area (Å²) in [6.45, 7) is 4.22. The normalized spacial score (nSPS) is 17.4. The van der Waals surface area contributed by atoms with Crippen molar-refractivity contribution in [2.75, 3.05) is 26.2 Å². The molecule has 134 valence electrons. The number of rotatable bonds is 6. The van der Waals surface area contributed by atoms with E-state index in [-0.39, 0.29) is 19.1 Å². The summed E-state index contributed by atoms with van der Waals surface area (Å²) in [7, 11) is 0. The Hall–Kier alpha value is -1.60. The number of benzene rings is 1. The molecule has 0 saturated carbocycles. The van der Waals surface area contributed by atoms with Crippen LogP contribution in [0.2, 0.25) is 0 Å². The maximum atomic E-state index is 13.1. The second kappa shape index (κ2) is 7.98. The van der Waals surface area contributed by atoms with E-state index in [2.05, 4.69) is 0 Å². The van der Waals surface area contributed by atoms with E-state index < -0.39 is 17.7 Å². The quantitative estimate of drug-likeness (QED) is 0.861. The third kappa shape index (κ3) is 4.95. The summed E-state index contributed by atoms with van der Waals surface area (Å²) in [6.07, 6.45) is -2.79. The van der Waals surface area contributed by atoms with Gasteiger partial charge in [-0.05, 0) is 44.1 Å². The molecule has 1 N–H and O–H groups in total. The molecule has 2 rings (SSSR count). The first kappa shape index (κ1) is 18.7. The number of alkyl halides is 3.